The Morgan fingerprint density at radius 3 is 2.54 bits per heavy atom. The topological polar surface area (TPSA) is 63.2 Å². The molecule has 0 atom stereocenters. The van der Waals surface area contributed by atoms with Gasteiger partial charge in [0.05, 0.1) is 4.90 Å². The third-order valence-corrected chi connectivity index (χ3v) is 6.46. The fraction of sp³-hybridized carbons (Fsp3) is 0.235. The Labute approximate surface area is 155 Å². The molecule has 24 heavy (non-hydrogen) atoms. The summed E-state index contributed by atoms with van der Waals surface area (Å²) in [7, 11) is -3.24. The number of rotatable bonds is 6. The van der Waals surface area contributed by atoms with Crippen molar-refractivity contribution in [2.75, 3.05) is 17.3 Å². The number of thioether (sulfide) groups is 1. The van der Waals surface area contributed by atoms with Crippen LogP contribution in [0.2, 0.25) is 0 Å². The van der Waals surface area contributed by atoms with Crippen molar-refractivity contribution in [1.82, 2.24) is 0 Å². The lowest BCUT2D eigenvalue weighted by Crippen LogP contribution is -2.13. The van der Waals surface area contributed by atoms with E-state index in [1.807, 2.05) is 24.3 Å². The van der Waals surface area contributed by atoms with Crippen molar-refractivity contribution in [1.29, 1.82) is 0 Å². The quantitative estimate of drug-likeness (QED) is 0.698. The molecule has 0 bridgehead atoms. The highest BCUT2D eigenvalue weighted by Gasteiger charge is 2.11. The lowest BCUT2D eigenvalue weighted by Gasteiger charge is -2.10. The Hall–Kier alpha value is -1.31. The number of hydrogen-bond donors (Lipinski definition) is 1. The van der Waals surface area contributed by atoms with Crippen LogP contribution in [0.1, 0.15) is 12.0 Å². The van der Waals surface area contributed by atoms with Crippen LogP contribution in [0.25, 0.3) is 0 Å². The molecule has 0 fully saturated rings. The average Bonchev–Trinajstić information content (AvgIpc) is 2.50. The first-order valence-electron chi connectivity index (χ1n) is 7.25. The lowest BCUT2D eigenvalue weighted by atomic mass is 10.2. The molecule has 128 valence electrons. The van der Waals surface area contributed by atoms with E-state index < -0.39 is 9.84 Å². The highest BCUT2D eigenvalue weighted by molar-refractivity contribution is 9.10. The van der Waals surface area contributed by atoms with Crippen LogP contribution in [0, 0.1) is 6.92 Å². The highest BCUT2D eigenvalue weighted by Crippen LogP contribution is 2.27. The van der Waals surface area contributed by atoms with Gasteiger partial charge in [-0.05, 0) is 58.7 Å². The van der Waals surface area contributed by atoms with E-state index in [2.05, 4.69) is 21.2 Å². The van der Waals surface area contributed by atoms with Crippen LogP contribution in [0.5, 0.6) is 0 Å². The van der Waals surface area contributed by atoms with Gasteiger partial charge in [0.25, 0.3) is 0 Å². The zero-order chi connectivity index (χ0) is 17.7. The normalized spacial score (nSPS) is 11.3. The smallest absolute Gasteiger partial charge is 0.225 e. The van der Waals surface area contributed by atoms with Gasteiger partial charge in [-0.15, -0.1) is 11.8 Å². The van der Waals surface area contributed by atoms with Crippen LogP contribution in [0.15, 0.2) is 56.7 Å². The summed E-state index contributed by atoms with van der Waals surface area (Å²) in [6.45, 7) is 1.78. The van der Waals surface area contributed by atoms with Gasteiger partial charge < -0.3 is 5.32 Å². The van der Waals surface area contributed by atoms with Crippen molar-refractivity contribution in [2.45, 2.75) is 23.1 Å². The summed E-state index contributed by atoms with van der Waals surface area (Å²) in [5, 5.41) is 2.83. The molecule has 0 saturated carbocycles. The number of sulfone groups is 1. The molecule has 0 saturated heterocycles. The van der Waals surface area contributed by atoms with Gasteiger partial charge in [-0.2, -0.15) is 0 Å². The van der Waals surface area contributed by atoms with Gasteiger partial charge in [-0.3, -0.25) is 4.79 Å². The van der Waals surface area contributed by atoms with Gasteiger partial charge in [0, 0.05) is 33.5 Å². The van der Waals surface area contributed by atoms with Gasteiger partial charge in [0.1, 0.15) is 0 Å². The summed E-state index contributed by atoms with van der Waals surface area (Å²) in [5.41, 5.74) is 1.36. The minimum absolute atomic E-state index is 0.0928. The molecule has 2 rings (SSSR count). The summed E-state index contributed by atoms with van der Waals surface area (Å²) in [4.78, 5) is 13.4. The van der Waals surface area contributed by atoms with Crippen molar-refractivity contribution < 1.29 is 13.2 Å². The summed E-state index contributed by atoms with van der Waals surface area (Å²) < 4.78 is 24.1. The van der Waals surface area contributed by atoms with Crippen LogP contribution in [0.3, 0.4) is 0 Å². The first-order chi connectivity index (χ1) is 11.3. The van der Waals surface area contributed by atoms with Crippen molar-refractivity contribution in [3.05, 3.63) is 52.5 Å². The molecule has 0 aliphatic rings. The number of aryl methyl sites for hydroxylation is 1. The zero-order valence-electron chi connectivity index (χ0n) is 13.4. The molecule has 1 N–H and O–H groups in total. The van der Waals surface area contributed by atoms with Gasteiger partial charge in [0.15, 0.2) is 9.84 Å². The number of amides is 1. The van der Waals surface area contributed by atoms with Crippen molar-refractivity contribution >= 4 is 49.1 Å². The van der Waals surface area contributed by atoms with E-state index in [0.29, 0.717) is 17.9 Å². The maximum atomic E-state index is 12.1. The monoisotopic (exact) mass is 427 g/mol. The fourth-order valence-electron chi connectivity index (χ4n) is 2.04. The fourth-order valence-corrected chi connectivity index (χ4v) is 4.26. The molecule has 0 aliphatic carbocycles. The van der Waals surface area contributed by atoms with Gasteiger partial charge in [0.2, 0.25) is 5.91 Å². The third kappa shape index (κ3) is 5.36. The molecular weight excluding hydrogens is 410 g/mol. The molecule has 2 aromatic carbocycles. The first kappa shape index (κ1) is 19.0. The summed E-state index contributed by atoms with van der Waals surface area (Å²) in [6, 6.07) is 12.6. The van der Waals surface area contributed by atoms with Crippen molar-refractivity contribution in [2.24, 2.45) is 0 Å². The summed E-state index contributed by atoms with van der Waals surface area (Å²) in [5.74, 6) is 0.569. The van der Waals surface area contributed by atoms with Crippen molar-refractivity contribution in [3.63, 3.8) is 0 Å². The molecule has 1 amide bonds. The predicted octanol–water partition coefficient (Wildman–Crippen LogP) is 4.28. The van der Waals surface area contributed by atoms with Crippen molar-refractivity contribution in [3.8, 4) is 0 Å². The Kier molecular flexibility index (Phi) is 6.48. The van der Waals surface area contributed by atoms with Crippen LogP contribution >= 0.6 is 27.7 Å². The minimum Gasteiger partial charge on any atom is -0.326 e. The summed E-state index contributed by atoms with van der Waals surface area (Å²) in [6.07, 6.45) is 1.54. The van der Waals surface area contributed by atoms with E-state index in [4.69, 9.17) is 0 Å². The van der Waals surface area contributed by atoms with E-state index >= 15 is 0 Å². The Bertz CT molecular complexity index is 851. The number of halogens is 1. The molecule has 0 unspecified atom stereocenters. The maximum Gasteiger partial charge on any atom is 0.225 e. The van der Waals surface area contributed by atoms with E-state index in [1.54, 1.807) is 30.8 Å². The number of benzene rings is 2. The number of carbonyl (C=O) groups excluding carboxylic acids is 1. The predicted molar refractivity (Wildman–Crippen MR) is 102 cm³/mol. The lowest BCUT2D eigenvalue weighted by molar-refractivity contribution is -0.115. The number of carbonyl (C=O) groups is 1. The van der Waals surface area contributed by atoms with Gasteiger partial charge >= 0.3 is 0 Å². The van der Waals surface area contributed by atoms with Crippen LogP contribution in [-0.2, 0) is 14.6 Å². The maximum absolute atomic E-state index is 12.1. The highest BCUT2D eigenvalue weighted by atomic mass is 79.9. The van der Waals surface area contributed by atoms with Crippen LogP contribution < -0.4 is 5.32 Å². The molecule has 0 aliphatic heterocycles. The van der Waals surface area contributed by atoms with E-state index in [9.17, 15) is 13.2 Å². The van der Waals surface area contributed by atoms with Crippen LogP contribution in [-0.4, -0.2) is 26.3 Å². The van der Waals surface area contributed by atoms with Gasteiger partial charge in [-0.1, -0.05) is 12.1 Å². The van der Waals surface area contributed by atoms with Gasteiger partial charge in [-0.25, -0.2) is 8.42 Å². The molecule has 0 aromatic heterocycles. The molecule has 7 heteroatoms. The molecule has 4 nitrogen and oxygen atoms in total. The Balaban J connectivity index is 1.92. The second kappa shape index (κ2) is 8.18. The van der Waals surface area contributed by atoms with E-state index in [0.717, 1.165) is 14.9 Å². The largest absolute Gasteiger partial charge is 0.326 e. The molecule has 0 radical (unpaired) electrons. The molecule has 2 aromatic rings. The second-order valence-electron chi connectivity index (χ2n) is 5.33. The minimum atomic E-state index is -3.24. The second-order valence-corrected chi connectivity index (χ2v) is 9.33. The SMILES string of the molecule is Cc1cc(S(C)(=O)=O)ccc1NC(=O)CCSc1ccccc1Br. The number of hydrogen-bond acceptors (Lipinski definition) is 4. The van der Waals surface area contributed by atoms with E-state index in [1.165, 1.54) is 12.3 Å². The Morgan fingerprint density at radius 2 is 1.92 bits per heavy atom. The molecule has 0 heterocycles. The third-order valence-electron chi connectivity index (χ3n) is 3.32. The zero-order valence-corrected chi connectivity index (χ0v) is 16.6. The standard InChI is InChI=1S/C17H18BrNO3S2/c1-12-11-13(24(2,21)22)7-8-15(12)19-17(20)9-10-23-16-6-4-3-5-14(16)18/h3-8,11H,9-10H2,1-2H3,(H,19,20). The summed E-state index contributed by atoms with van der Waals surface area (Å²) >= 11 is 5.09. The number of anilines is 1. The van der Waals surface area contributed by atoms with E-state index in [-0.39, 0.29) is 10.8 Å². The van der Waals surface area contributed by atoms with Crippen LogP contribution in [0.4, 0.5) is 5.69 Å². The Morgan fingerprint density at radius 1 is 1.21 bits per heavy atom. The average molecular weight is 428 g/mol. The first-order valence-corrected chi connectivity index (χ1v) is 10.9. The molecular formula is C17H18BrNO3S2. The molecule has 0 spiro atoms. The number of nitrogens with one attached hydrogen (secondary N) is 1.